The maximum absolute atomic E-state index is 5.25. The molecule has 0 aromatic carbocycles. The third-order valence-corrected chi connectivity index (χ3v) is 2.05. The zero-order valence-electron chi connectivity index (χ0n) is 7.78. The summed E-state index contributed by atoms with van der Waals surface area (Å²) >= 11 is 0. The number of hydrogen-bond donors (Lipinski definition) is 3. The van der Waals surface area contributed by atoms with E-state index in [-0.39, 0.29) is 0 Å². The number of nitrogens with two attached hydrogens (primary N) is 1. The molecule has 0 aliphatic heterocycles. The minimum Gasteiger partial charge on any atom is -0.308 e. The topological polar surface area (TPSA) is 79.6 Å². The Bertz CT molecular complexity index is 421. The van der Waals surface area contributed by atoms with Gasteiger partial charge < -0.3 is 5.43 Å². The summed E-state index contributed by atoms with van der Waals surface area (Å²) in [5.74, 6) is 5.91. The normalized spacial score (nSPS) is 10.1. The predicted octanol–water partition coefficient (Wildman–Crippen LogP) is 1.07. The summed E-state index contributed by atoms with van der Waals surface area (Å²) in [7, 11) is 0. The van der Waals surface area contributed by atoms with Crippen LogP contribution in [0.2, 0.25) is 0 Å². The Morgan fingerprint density at radius 2 is 2.36 bits per heavy atom. The summed E-state index contributed by atoms with van der Waals surface area (Å²) in [6.45, 7) is 2.00. The van der Waals surface area contributed by atoms with E-state index in [0.29, 0.717) is 5.82 Å². The molecule has 72 valence electrons. The summed E-state index contributed by atoms with van der Waals surface area (Å²) in [6, 6.07) is 3.79. The smallest absolute Gasteiger partial charge is 0.140 e. The fourth-order valence-electron chi connectivity index (χ4n) is 1.32. The van der Waals surface area contributed by atoms with Gasteiger partial charge in [0, 0.05) is 18.0 Å². The van der Waals surface area contributed by atoms with Gasteiger partial charge in [0.05, 0.1) is 5.69 Å². The van der Waals surface area contributed by atoms with E-state index in [9.17, 15) is 0 Å². The Morgan fingerprint density at radius 1 is 1.50 bits per heavy atom. The Morgan fingerprint density at radius 3 is 2.93 bits per heavy atom. The lowest BCUT2D eigenvalue weighted by Gasteiger charge is -2.04. The summed E-state index contributed by atoms with van der Waals surface area (Å²) in [5.41, 5.74) is 5.58. The molecule has 2 aromatic rings. The van der Waals surface area contributed by atoms with Crippen molar-refractivity contribution in [1.82, 2.24) is 15.2 Å². The fourth-order valence-corrected chi connectivity index (χ4v) is 1.32. The first-order chi connectivity index (χ1) is 6.81. The van der Waals surface area contributed by atoms with Gasteiger partial charge in [0.25, 0.3) is 0 Å². The molecule has 4 N–H and O–H groups in total. The van der Waals surface area contributed by atoms with Crippen LogP contribution in [0.3, 0.4) is 0 Å². The van der Waals surface area contributed by atoms with Crippen LogP contribution in [0, 0.1) is 6.92 Å². The SMILES string of the molecule is Cc1cc(NN)ncc1-c1ccn[nH]1. The first kappa shape index (κ1) is 8.71. The molecule has 0 saturated carbocycles. The molecule has 5 heteroatoms. The highest BCUT2D eigenvalue weighted by atomic mass is 15.2. The Hall–Kier alpha value is -1.88. The number of hydrogen-bond acceptors (Lipinski definition) is 4. The van der Waals surface area contributed by atoms with Crippen molar-refractivity contribution < 1.29 is 0 Å². The Kier molecular flexibility index (Phi) is 2.16. The highest BCUT2D eigenvalue weighted by Crippen LogP contribution is 2.21. The second-order valence-corrected chi connectivity index (χ2v) is 3.00. The molecule has 0 spiro atoms. The van der Waals surface area contributed by atoms with Gasteiger partial charge in [0.1, 0.15) is 5.82 Å². The van der Waals surface area contributed by atoms with Crippen LogP contribution >= 0.6 is 0 Å². The second kappa shape index (κ2) is 3.47. The van der Waals surface area contributed by atoms with Crippen molar-refractivity contribution >= 4 is 5.82 Å². The highest BCUT2D eigenvalue weighted by molar-refractivity contribution is 5.63. The summed E-state index contributed by atoms with van der Waals surface area (Å²) in [4.78, 5) is 4.13. The Labute approximate surface area is 81.3 Å². The Balaban J connectivity index is 2.46. The number of aromatic amines is 1. The second-order valence-electron chi connectivity index (χ2n) is 3.00. The molecule has 0 radical (unpaired) electrons. The largest absolute Gasteiger partial charge is 0.308 e. The van der Waals surface area contributed by atoms with E-state index < -0.39 is 0 Å². The summed E-state index contributed by atoms with van der Waals surface area (Å²) in [6.07, 6.45) is 3.47. The molecule has 2 aromatic heterocycles. The van der Waals surface area contributed by atoms with Gasteiger partial charge in [-0.15, -0.1) is 0 Å². The van der Waals surface area contributed by atoms with Gasteiger partial charge in [0.15, 0.2) is 0 Å². The quantitative estimate of drug-likeness (QED) is 0.487. The first-order valence-corrected chi connectivity index (χ1v) is 4.24. The number of rotatable bonds is 2. The van der Waals surface area contributed by atoms with Gasteiger partial charge in [-0.2, -0.15) is 5.10 Å². The van der Waals surface area contributed by atoms with E-state index >= 15 is 0 Å². The molecule has 0 amide bonds. The third-order valence-electron chi connectivity index (χ3n) is 2.05. The van der Waals surface area contributed by atoms with Crippen molar-refractivity contribution in [2.45, 2.75) is 6.92 Å². The number of nitrogen functional groups attached to an aromatic ring is 1. The van der Waals surface area contributed by atoms with Crippen LogP contribution in [-0.2, 0) is 0 Å². The van der Waals surface area contributed by atoms with Gasteiger partial charge in [-0.05, 0) is 24.6 Å². The number of aromatic nitrogens is 3. The van der Waals surface area contributed by atoms with Crippen molar-refractivity contribution in [2.24, 2.45) is 5.84 Å². The zero-order chi connectivity index (χ0) is 9.97. The third kappa shape index (κ3) is 1.45. The van der Waals surface area contributed by atoms with E-state index in [0.717, 1.165) is 16.8 Å². The lowest BCUT2D eigenvalue weighted by atomic mass is 10.1. The molecule has 0 fully saturated rings. The average molecular weight is 189 g/mol. The lowest BCUT2D eigenvalue weighted by molar-refractivity contribution is 1.09. The molecule has 0 atom stereocenters. The van der Waals surface area contributed by atoms with Gasteiger partial charge >= 0.3 is 0 Å². The van der Waals surface area contributed by atoms with E-state index in [4.69, 9.17) is 5.84 Å². The number of aryl methyl sites for hydroxylation is 1. The van der Waals surface area contributed by atoms with E-state index in [1.54, 1.807) is 12.4 Å². The standard InChI is InChI=1S/C9H11N5/c1-6-4-9(13-10)11-5-7(6)8-2-3-12-14-8/h2-5H,10H2,1H3,(H,11,13)(H,12,14). The molecule has 2 heterocycles. The van der Waals surface area contributed by atoms with E-state index in [1.807, 2.05) is 19.1 Å². The molecule has 0 aliphatic carbocycles. The zero-order valence-corrected chi connectivity index (χ0v) is 7.78. The minimum atomic E-state index is 0.658. The van der Waals surface area contributed by atoms with Gasteiger partial charge in [-0.1, -0.05) is 0 Å². The maximum Gasteiger partial charge on any atom is 0.140 e. The van der Waals surface area contributed by atoms with E-state index in [1.165, 1.54) is 0 Å². The number of nitrogens with one attached hydrogen (secondary N) is 2. The molecule has 5 nitrogen and oxygen atoms in total. The van der Waals surface area contributed by atoms with Gasteiger partial charge in [-0.3, -0.25) is 5.10 Å². The van der Waals surface area contributed by atoms with Gasteiger partial charge in [-0.25, -0.2) is 10.8 Å². The van der Waals surface area contributed by atoms with Crippen molar-refractivity contribution in [3.05, 3.63) is 30.1 Å². The molecular formula is C9H11N5. The predicted molar refractivity (Wildman–Crippen MR) is 54.4 cm³/mol. The number of nitrogens with zero attached hydrogens (tertiary/aromatic N) is 2. The molecule has 0 aliphatic rings. The first-order valence-electron chi connectivity index (χ1n) is 4.24. The van der Waals surface area contributed by atoms with E-state index in [2.05, 4.69) is 20.6 Å². The van der Waals surface area contributed by atoms with Crippen molar-refractivity contribution in [3.63, 3.8) is 0 Å². The van der Waals surface area contributed by atoms with Gasteiger partial charge in [0.2, 0.25) is 0 Å². The number of H-pyrrole nitrogens is 1. The molecular weight excluding hydrogens is 178 g/mol. The monoisotopic (exact) mass is 189 g/mol. The van der Waals surface area contributed by atoms with Crippen molar-refractivity contribution in [3.8, 4) is 11.3 Å². The van der Waals surface area contributed by atoms with Crippen LogP contribution in [0.25, 0.3) is 11.3 Å². The number of anilines is 1. The number of hydrazine groups is 1. The number of pyridine rings is 1. The van der Waals surface area contributed by atoms with Crippen LogP contribution < -0.4 is 11.3 Å². The lowest BCUT2D eigenvalue weighted by Crippen LogP contribution is -2.08. The van der Waals surface area contributed by atoms with Crippen LogP contribution in [0.15, 0.2) is 24.5 Å². The molecule has 2 rings (SSSR count). The van der Waals surface area contributed by atoms with Crippen molar-refractivity contribution in [2.75, 3.05) is 5.43 Å². The van der Waals surface area contributed by atoms with Crippen molar-refractivity contribution in [1.29, 1.82) is 0 Å². The maximum atomic E-state index is 5.25. The van der Waals surface area contributed by atoms with Crippen LogP contribution in [-0.4, -0.2) is 15.2 Å². The van der Waals surface area contributed by atoms with Crippen LogP contribution in [0.4, 0.5) is 5.82 Å². The average Bonchev–Trinajstić information content (AvgIpc) is 2.70. The molecule has 0 saturated heterocycles. The fraction of sp³-hybridized carbons (Fsp3) is 0.111. The molecule has 0 unspecified atom stereocenters. The molecule has 0 bridgehead atoms. The summed E-state index contributed by atoms with van der Waals surface area (Å²) in [5, 5.41) is 6.78. The van der Waals surface area contributed by atoms with Crippen LogP contribution in [0.1, 0.15) is 5.56 Å². The highest BCUT2D eigenvalue weighted by Gasteiger charge is 2.04. The summed E-state index contributed by atoms with van der Waals surface area (Å²) < 4.78 is 0. The molecule has 14 heavy (non-hydrogen) atoms. The minimum absolute atomic E-state index is 0.658. The van der Waals surface area contributed by atoms with Crippen LogP contribution in [0.5, 0.6) is 0 Å².